The van der Waals surface area contributed by atoms with Gasteiger partial charge in [0.1, 0.15) is 18.1 Å². The third-order valence-electron chi connectivity index (χ3n) is 4.69. The summed E-state index contributed by atoms with van der Waals surface area (Å²) < 4.78 is 0. The lowest BCUT2D eigenvalue weighted by atomic mass is 10.0. The molecule has 0 radical (unpaired) electrons. The van der Waals surface area contributed by atoms with Crippen molar-refractivity contribution in [3.63, 3.8) is 0 Å². The van der Waals surface area contributed by atoms with Gasteiger partial charge in [0.05, 0.1) is 13.0 Å². The van der Waals surface area contributed by atoms with E-state index in [4.69, 9.17) is 16.6 Å². The van der Waals surface area contributed by atoms with E-state index >= 15 is 0 Å². The number of rotatable bonds is 15. The van der Waals surface area contributed by atoms with Crippen molar-refractivity contribution in [2.75, 3.05) is 13.1 Å². The molecule has 0 fully saturated rings. The first kappa shape index (κ1) is 27.5. The maximum Gasteiger partial charge on any atom is 0.326 e. The zero-order valence-electron chi connectivity index (χ0n) is 18.2. The number of carbonyl (C=O) groups excluding carboxylic acids is 3. The molecule has 0 aliphatic rings. The lowest BCUT2D eigenvalue weighted by Crippen LogP contribution is -2.57. The van der Waals surface area contributed by atoms with Crippen molar-refractivity contribution in [2.24, 2.45) is 11.5 Å². The van der Waals surface area contributed by atoms with Crippen LogP contribution >= 0.6 is 0 Å². The number of carboxylic acid groups (broad SMARTS) is 2. The van der Waals surface area contributed by atoms with Gasteiger partial charge in [-0.2, -0.15) is 0 Å². The number of hydrogen-bond acceptors (Lipinski definition) is 7. The van der Waals surface area contributed by atoms with Gasteiger partial charge in [0.25, 0.3) is 0 Å². The second-order valence-electron chi connectivity index (χ2n) is 7.36. The first-order valence-electron chi connectivity index (χ1n) is 10.5. The summed E-state index contributed by atoms with van der Waals surface area (Å²) in [7, 11) is 0. The van der Waals surface area contributed by atoms with E-state index in [0.717, 1.165) is 0 Å². The molecular weight excluding hydrogens is 434 g/mol. The summed E-state index contributed by atoms with van der Waals surface area (Å²) >= 11 is 0. The highest BCUT2D eigenvalue weighted by atomic mass is 16.4. The topological polar surface area (TPSA) is 214 Å². The molecule has 1 aromatic rings. The van der Waals surface area contributed by atoms with Gasteiger partial charge in [-0.05, 0) is 31.4 Å². The molecule has 0 bridgehead atoms. The van der Waals surface area contributed by atoms with E-state index in [1.54, 1.807) is 30.3 Å². The van der Waals surface area contributed by atoms with Crippen LogP contribution in [-0.2, 0) is 30.4 Å². The molecule has 0 spiro atoms. The van der Waals surface area contributed by atoms with Gasteiger partial charge in [-0.25, -0.2) is 4.79 Å². The zero-order valence-corrected chi connectivity index (χ0v) is 18.2. The number of hydrogen-bond donors (Lipinski definition) is 7. The molecule has 33 heavy (non-hydrogen) atoms. The Morgan fingerprint density at radius 1 is 0.818 bits per heavy atom. The highest BCUT2D eigenvalue weighted by Crippen LogP contribution is 2.07. The molecule has 3 atom stereocenters. The summed E-state index contributed by atoms with van der Waals surface area (Å²) in [6.45, 7) is 0.0719. The van der Waals surface area contributed by atoms with Gasteiger partial charge in [0, 0.05) is 6.42 Å². The van der Waals surface area contributed by atoms with Crippen molar-refractivity contribution in [3.8, 4) is 0 Å². The molecule has 0 aliphatic heterocycles. The predicted octanol–water partition coefficient (Wildman–Crippen LogP) is -1.67. The standard InChI is InChI=1S/C21H31N5O7/c22-9-5-4-8-14(24-17(27)12-23)19(30)25-15(10-13-6-2-1-3-7-13)20(31)26-16(21(32)33)11-18(28)29/h1-3,6-7,14-16H,4-5,8-12,22-23H2,(H,24,27)(H,25,30)(H,26,31)(H,28,29)(H,32,33). The number of carboxylic acids is 2. The van der Waals surface area contributed by atoms with E-state index in [-0.39, 0.29) is 19.4 Å². The van der Waals surface area contributed by atoms with Gasteiger partial charge in [-0.3, -0.25) is 19.2 Å². The van der Waals surface area contributed by atoms with E-state index in [2.05, 4.69) is 16.0 Å². The van der Waals surface area contributed by atoms with Gasteiger partial charge in [0.2, 0.25) is 17.7 Å². The maximum absolute atomic E-state index is 12.9. The number of nitrogens with two attached hydrogens (primary N) is 2. The van der Waals surface area contributed by atoms with Crippen LogP contribution in [-0.4, -0.2) is 71.1 Å². The monoisotopic (exact) mass is 465 g/mol. The summed E-state index contributed by atoms with van der Waals surface area (Å²) in [5.74, 6) is -5.01. The van der Waals surface area contributed by atoms with Crippen LogP contribution in [0.15, 0.2) is 30.3 Å². The number of benzene rings is 1. The van der Waals surface area contributed by atoms with E-state index in [1.807, 2.05) is 0 Å². The molecule has 0 saturated carbocycles. The maximum atomic E-state index is 12.9. The fourth-order valence-corrected chi connectivity index (χ4v) is 2.99. The minimum absolute atomic E-state index is 0.0121. The first-order chi connectivity index (χ1) is 15.7. The van der Waals surface area contributed by atoms with Crippen molar-refractivity contribution in [3.05, 3.63) is 35.9 Å². The highest BCUT2D eigenvalue weighted by molar-refractivity contribution is 5.94. The molecule has 0 aliphatic carbocycles. The first-order valence-corrected chi connectivity index (χ1v) is 10.5. The molecule has 3 unspecified atom stereocenters. The van der Waals surface area contributed by atoms with Crippen LogP contribution in [0.2, 0.25) is 0 Å². The van der Waals surface area contributed by atoms with Crippen LogP contribution in [0.4, 0.5) is 0 Å². The van der Waals surface area contributed by atoms with Crippen LogP contribution in [0, 0.1) is 0 Å². The Hall–Kier alpha value is -3.51. The van der Waals surface area contributed by atoms with Gasteiger partial charge in [0.15, 0.2) is 0 Å². The third-order valence-corrected chi connectivity index (χ3v) is 4.69. The van der Waals surface area contributed by atoms with Crippen molar-refractivity contribution >= 4 is 29.7 Å². The summed E-state index contributed by atoms with van der Waals surface area (Å²) in [6.07, 6.45) is 0.588. The molecule has 182 valence electrons. The summed E-state index contributed by atoms with van der Waals surface area (Å²) in [6, 6.07) is 4.78. The van der Waals surface area contributed by atoms with E-state index in [1.165, 1.54) is 0 Å². The fourth-order valence-electron chi connectivity index (χ4n) is 2.99. The van der Waals surface area contributed by atoms with Crippen LogP contribution in [0.5, 0.6) is 0 Å². The Balaban J connectivity index is 3.06. The van der Waals surface area contributed by atoms with Gasteiger partial charge in [-0.1, -0.05) is 30.3 Å². The molecular formula is C21H31N5O7. The van der Waals surface area contributed by atoms with Gasteiger partial charge in [-0.15, -0.1) is 0 Å². The van der Waals surface area contributed by atoms with E-state index < -0.39 is 54.2 Å². The van der Waals surface area contributed by atoms with Crippen molar-refractivity contribution < 1.29 is 34.2 Å². The van der Waals surface area contributed by atoms with Crippen LogP contribution < -0.4 is 27.4 Å². The summed E-state index contributed by atoms with van der Waals surface area (Å²) in [5, 5.41) is 25.3. The Morgan fingerprint density at radius 2 is 1.42 bits per heavy atom. The summed E-state index contributed by atoms with van der Waals surface area (Å²) in [4.78, 5) is 59.8. The van der Waals surface area contributed by atoms with E-state index in [9.17, 15) is 29.1 Å². The normalized spacial score (nSPS) is 13.3. The molecule has 12 nitrogen and oxygen atoms in total. The fraction of sp³-hybridized carbons (Fsp3) is 0.476. The molecule has 1 rings (SSSR count). The second-order valence-corrected chi connectivity index (χ2v) is 7.36. The van der Waals surface area contributed by atoms with E-state index in [0.29, 0.717) is 24.9 Å². The minimum atomic E-state index is -1.68. The smallest absolute Gasteiger partial charge is 0.326 e. The van der Waals surface area contributed by atoms with Crippen LogP contribution in [0.1, 0.15) is 31.2 Å². The Labute approximate surface area is 191 Å². The quantitative estimate of drug-likeness (QED) is 0.147. The third kappa shape index (κ3) is 10.6. The zero-order chi connectivity index (χ0) is 24.8. The lowest BCUT2D eigenvalue weighted by Gasteiger charge is -2.24. The predicted molar refractivity (Wildman–Crippen MR) is 118 cm³/mol. The van der Waals surface area contributed by atoms with Crippen LogP contribution in [0.3, 0.4) is 0 Å². The number of aliphatic carboxylic acids is 2. The lowest BCUT2D eigenvalue weighted by molar-refractivity contribution is -0.147. The molecule has 0 saturated heterocycles. The molecule has 0 heterocycles. The second kappa shape index (κ2) is 14.5. The minimum Gasteiger partial charge on any atom is -0.481 e. The highest BCUT2D eigenvalue weighted by Gasteiger charge is 2.30. The molecule has 9 N–H and O–H groups in total. The number of amides is 3. The molecule has 0 aromatic heterocycles. The molecule has 12 heteroatoms. The molecule has 1 aromatic carbocycles. The Morgan fingerprint density at radius 3 is 1.97 bits per heavy atom. The summed E-state index contributed by atoms with van der Waals surface area (Å²) in [5.41, 5.74) is 11.5. The average molecular weight is 466 g/mol. The van der Waals surface area contributed by atoms with Gasteiger partial charge >= 0.3 is 11.9 Å². The Bertz CT molecular complexity index is 818. The largest absolute Gasteiger partial charge is 0.481 e. The number of nitrogens with one attached hydrogen (secondary N) is 3. The number of unbranched alkanes of at least 4 members (excludes halogenated alkanes) is 1. The van der Waals surface area contributed by atoms with Crippen LogP contribution in [0.25, 0.3) is 0 Å². The Kier molecular flexibility index (Phi) is 12.1. The SMILES string of the molecule is NCCCCC(NC(=O)CN)C(=O)NC(Cc1ccccc1)C(=O)NC(CC(=O)O)C(=O)O. The van der Waals surface area contributed by atoms with Crippen molar-refractivity contribution in [1.82, 2.24) is 16.0 Å². The average Bonchev–Trinajstić information content (AvgIpc) is 2.77. The molecule has 3 amide bonds. The number of carbonyl (C=O) groups is 5. The van der Waals surface area contributed by atoms with Crippen molar-refractivity contribution in [1.29, 1.82) is 0 Å². The van der Waals surface area contributed by atoms with Gasteiger partial charge < -0.3 is 37.6 Å². The van der Waals surface area contributed by atoms with Crippen molar-refractivity contribution in [2.45, 2.75) is 50.2 Å².